The molecule has 1 saturated heterocycles. The van der Waals surface area contributed by atoms with Crippen LogP contribution in [-0.4, -0.2) is 43.1 Å². The third-order valence-electron chi connectivity index (χ3n) is 5.16. The van der Waals surface area contributed by atoms with Gasteiger partial charge in [-0.1, -0.05) is 58.8 Å². The molecular weight excluding hydrogens is 296 g/mol. The highest BCUT2D eigenvalue weighted by Crippen LogP contribution is 2.31. The molecule has 1 aliphatic heterocycles. The van der Waals surface area contributed by atoms with Gasteiger partial charge < -0.3 is 5.73 Å². The fourth-order valence-electron chi connectivity index (χ4n) is 3.43. The first-order valence-electron chi connectivity index (χ1n) is 9.08. The maximum absolute atomic E-state index is 11.9. The number of sulfone groups is 1. The summed E-state index contributed by atoms with van der Waals surface area (Å²) in [4.78, 5) is 2.36. The van der Waals surface area contributed by atoms with Crippen molar-refractivity contribution in [2.45, 2.75) is 89.5 Å². The van der Waals surface area contributed by atoms with Crippen molar-refractivity contribution in [3.63, 3.8) is 0 Å². The molecule has 0 aromatic rings. The van der Waals surface area contributed by atoms with Crippen LogP contribution in [0.5, 0.6) is 0 Å². The Labute approximate surface area is 137 Å². The molecule has 1 heterocycles. The second kappa shape index (κ2) is 9.24. The van der Waals surface area contributed by atoms with E-state index in [0.717, 1.165) is 12.8 Å². The number of hydrogen-bond acceptors (Lipinski definition) is 4. The van der Waals surface area contributed by atoms with Gasteiger partial charge in [0.1, 0.15) is 5.37 Å². The predicted octanol–water partition coefficient (Wildman–Crippen LogP) is 3.31. The average molecular weight is 333 g/mol. The van der Waals surface area contributed by atoms with Crippen molar-refractivity contribution < 1.29 is 8.42 Å². The third-order valence-corrected chi connectivity index (χ3v) is 6.98. The number of nitrogens with two attached hydrogens (primary N) is 1. The molecule has 132 valence electrons. The fourth-order valence-corrected chi connectivity index (χ4v) is 4.62. The molecule has 0 aliphatic carbocycles. The molecule has 0 radical (unpaired) electrons. The zero-order chi connectivity index (χ0) is 16.6. The van der Waals surface area contributed by atoms with Crippen molar-refractivity contribution in [1.29, 1.82) is 0 Å². The molecule has 0 amide bonds. The highest BCUT2D eigenvalue weighted by Gasteiger charge is 2.38. The number of unbranched alkanes of at least 4 members (excludes halogenated alkanes) is 5. The topological polar surface area (TPSA) is 63.4 Å². The minimum atomic E-state index is -3.07. The molecule has 0 aromatic heterocycles. The van der Waals surface area contributed by atoms with Gasteiger partial charge in [-0.25, -0.2) is 8.42 Å². The van der Waals surface area contributed by atoms with Crippen molar-refractivity contribution in [3.8, 4) is 0 Å². The van der Waals surface area contributed by atoms with Gasteiger partial charge in [0.05, 0.1) is 5.75 Å². The zero-order valence-corrected chi connectivity index (χ0v) is 15.6. The van der Waals surface area contributed by atoms with Crippen molar-refractivity contribution in [2.75, 3.05) is 18.8 Å². The summed E-state index contributed by atoms with van der Waals surface area (Å²) in [5.74, 6) is 0.215. The van der Waals surface area contributed by atoms with E-state index in [1.807, 2.05) is 0 Å². The van der Waals surface area contributed by atoms with Gasteiger partial charge in [0.15, 0.2) is 9.84 Å². The van der Waals surface area contributed by atoms with Crippen molar-refractivity contribution >= 4 is 9.84 Å². The van der Waals surface area contributed by atoms with Crippen LogP contribution in [0.3, 0.4) is 0 Å². The van der Waals surface area contributed by atoms with E-state index in [-0.39, 0.29) is 11.3 Å². The van der Waals surface area contributed by atoms with Gasteiger partial charge in [0, 0.05) is 18.6 Å². The SMILES string of the molecule is CCCCCCC(C)(CCCCC)N1CCS(=O)(=O)C(N)C1. The third kappa shape index (κ3) is 5.82. The lowest BCUT2D eigenvalue weighted by molar-refractivity contribution is 0.0815. The zero-order valence-electron chi connectivity index (χ0n) is 14.8. The molecular formula is C17H36N2O2S. The molecule has 2 N–H and O–H groups in total. The van der Waals surface area contributed by atoms with Gasteiger partial charge in [-0.3, -0.25) is 4.90 Å². The Balaban J connectivity index is 2.67. The summed E-state index contributed by atoms with van der Waals surface area (Å²) < 4.78 is 23.7. The van der Waals surface area contributed by atoms with E-state index in [2.05, 4.69) is 25.7 Å². The normalized spacial score (nSPS) is 25.0. The molecule has 1 aliphatic rings. The number of nitrogens with zero attached hydrogens (tertiary/aromatic N) is 1. The van der Waals surface area contributed by atoms with Gasteiger partial charge in [0.2, 0.25) is 0 Å². The maximum Gasteiger partial charge on any atom is 0.168 e. The van der Waals surface area contributed by atoms with Gasteiger partial charge in [-0.15, -0.1) is 0 Å². The summed E-state index contributed by atoms with van der Waals surface area (Å²) in [5.41, 5.74) is 6.01. The molecule has 1 fully saturated rings. The second-order valence-electron chi connectivity index (χ2n) is 7.12. The van der Waals surface area contributed by atoms with E-state index in [9.17, 15) is 8.42 Å². The standard InChI is InChI=1S/C17H36N2O2S/c1-4-6-8-10-12-17(3,11-9-7-5-2)19-13-14-22(20,21)16(18)15-19/h16H,4-15,18H2,1-3H3. The van der Waals surface area contributed by atoms with Crippen LogP contribution in [0.2, 0.25) is 0 Å². The quantitative estimate of drug-likeness (QED) is 0.623. The lowest BCUT2D eigenvalue weighted by Crippen LogP contribution is -2.58. The highest BCUT2D eigenvalue weighted by atomic mass is 32.2. The predicted molar refractivity (Wildman–Crippen MR) is 94.6 cm³/mol. The van der Waals surface area contributed by atoms with Crippen LogP contribution in [0.4, 0.5) is 0 Å². The average Bonchev–Trinajstić information content (AvgIpc) is 2.47. The Morgan fingerprint density at radius 2 is 1.59 bits per heavy atom. The molecule has 0 saturated carbocycles. The lowest BCUT2D eigenvalue weighted by atomic mass is 9.86. The summed E-state index contributed by atoms with van der Waals surface area (Å²) in [7, 11) is -3.07. The number of hydrogen-bond donors (Lipinski definition) is 1. The smallest absolute Gasteiger partial charge is 0.168 e. The van der Waals surface area contributed by atoms with Gasteiger partial charge in [0.25, 0.3) is 0 Å². The minimum absolute atomic E-state index is 0.108. The summed E-state index contributed by atoms with van der Waals surface area (Å²) in [5, 5.41) is -0.706. The van der Waals surface area contributed by atoms with Crippen molar-refractivity contribution in [3.05, 3.63) is 0 Å². The van der Waals surface area contributed by atoms with E-state index < -0.39 is 15.2 Å². The van der Waals surface area contributed by atoms with Crippen LogP contribution < -0.4 is 5.73 Å². The molecule has 2 atom stereocenters. The first-order chi connectivity index (χ1) is 10.4. The summed E-state index contributed by atoms with van der Waals surface area (Å²) in [6.07, 6.45) is 11.1. The Bertz CT molecular complexity index is 411. The number of rotatable bonds is 10. The summed E-state index contributed by atoms with van der Waals surface area (Å²) in [6.45, 7) is 7.92. The molecule has 0 bridgehead atoms. The molecule has 2 unspecified atom stereocenters. The summed E-state index contributed by atoms with van der Waals surface area (Å²) >= 11 is 0. The Hall–Kier alpha value is -0.130. The highest BCUT2D eigenvalue weighted by molar-refractivity contribution is 7.92. The van der Waals surface area contributed by atoms with Gasteiger partial charge >= 0.3 is 0 Å². The van der Waals surface area contributed by atoms with E-state index in [1.54, 1.807) is 0 Å². The fraction of sp³-hybridized carbons (Fsp3) is 1.00. The molecule has 1 rings (SSSR count). The van der Waals surface area contributed by atoms with Gasteiger partial charge in [-0.2, -0.15) is 0 Å². The Kier molecular flexibility index (Phi) is 8.36. The van der Waals surface area contributed by atoms with Crippen molar-refractivity contribution in [2.24, 2.45) is 5.73 Å². The lowest BCUT2D eigenvalue weighted by Gasteiger charge is -2.45. The van der Waals surface area contributed by atoms with E-state index in [1.165, 1.54) is 44.9 Å². The van der Waals surface area contributed by atoms with Crippen molar-refractivity contribution in [1.82, 2.24) is 4.90 Å². The maximum atomic E-state index is 11.9. The first kappa shape index (κ1) is 19.9. The Morgan fingerprint density at radius 3 is 2.14 bits per heavy atom. The minimum Gasteiger partial charge on any atom is -0.314 e. The molecule has 4 nitrogen and oxygen atoms in total. The monoisotopic (exact) mass is 332 g/mol. The molecule has 5 heteroatoms. The van der Waals surface area contributed by atoms with E-state index >= 15 is 0 Å². The van der Waals surface area contributed by atoms with Crippen LogP contribution in [0, 0.1) is 0 Å². The van der Waals surface area contributed by atoms with Crippen LogP contribution in [0.15, 0.2) is 0 Å². The second-order valence-corrected chi connectivity index (χ2v) is 9.46. The van der Waals surface area contributed by atoms with Crippen LogP contribution in [0.25, 0.3) is 0 Å². The summed E-state index contributed by atoms with van der Waals surface area (Å²) in [6, 6.07) is 0. The molecule has 0 aromatic carbocycles. The van der Waals surface area contributed by atoms with Crippen LogP contribution in [-0.2, 0) is 9.84 Å². The molecule has 0 spiro atoms. The first-order valence-corrected chi connectivity index (χ1v) is 10.8. The van der Waals surface area contributed by atoms with Crippen LogP contribution in [0.1, 0.15) is 78.6 Å². The molecule has 22 heavy (non-hydrogen) atoms. The van der Waals surface area contributed by atoms with E-state index in [0.29, 0.717) is 13.1 Å². The van der Waals surface area contributed by atoms with Gasteiger partial charge in [-0.05, 0) is 19.8 Å². The van der Waals surface area contributed by atoms with E-state index in [4.69, 9.17) is 5.73 Å². The van der Waals surface area contributed by atoms with Crippen LogP contribution >= 0.6 is 0 Å². The Morgan fingerprint density at radius 1 is 1.05 bits per heavy atom. The largest absolute Gasteiger partial charge is 0.314 e.